The average molecular weight is 327 g/mol. The first kappa shape index (κ1) is 18.3. The Morgan fingerprint density at radius 1 is 1.27 bits per heavy atom. The maximum Gasteiger partial charge on any atom is 0.191 e. The molecule has 22 heavy (non-hydrogen) atoms. The second kappa shape index (κ2) is 8.63. The average Bonchev–Trinajstić information content (AvgIpc) is 2.46. The molecule has 124 valence electrons. The minimum atomic E-state index is -2.96. The summed E-state index contributed by atoms with van der Waals surface area (Å²) >= 11 is 0. The fourth-order valence-electron chi connectivity index (χ4n) is 1.92. The van der Waals surface area contributed by atoms with Gasteiger partial charge < -0.3 is 15.4 Å². The van der Waals surface area contributed by atoms with Crippen LogP contribution in [0.5, 0.6) is 5.75 Å². The van der Waals surface area contributed by atoms with Crippen molar-refractivity contribution in [3.63, 3.8) is 0 Å². The molecule has 0 aromatic heterocycles. The molecular weight excluding hydrogens is 302 g/mol. The minimum Gasteiger partial charge on any atom is -0.496 e. The van der Waals surface area contributed by atoms with Crippen LogP contribution in [0.1, 0.15) is 11.1 Å². The molecular formula is C15H25N3O3S. The number of methoxy groups -OCH3 is 1. The smallest absolute Gasteiger partial charge is 0.191 e. The molecule has 0 radical (unpaired) electrons. The van der Waals surface area contributed by atoms with E-state index in [4.69, 9.17) is 4.74 Å². The zero-order valence-electron chi connectivity index (χ0n) is 13.6. The summed E-state index contributed by atoms with van der Waals surface area (Å²) in [5.74, 6) is 1.57. The van der Waals surface area contributed by atoms with E-state index in [1.54, 1.807) is 14.2 Å². The summed E-state index contributed by atoms with van der Waals surface area (Å²) in [6, 6.07) is 6.13. The molecule has 0 atom stereocenters. The van der Waals surface area contributed by atoms with Crippen LogP contribution >= 0.6 is 0 Å². The van der Waals surface area contributed by atoms with Gasteiger partial charge in [-0.1, -0.05) is 12.1 Å². The fraction of sp³-hybridized carbons (Fsp3) is 0.533. The van der Waals surface area contributed by atoms with Crippen LogP contribution in [0, 0.1) is 6.92 Å². The number of guanidine groups is 1. The summed E-state index contributed by atoms with van der Waals surface area (Å²) in [7, 11) is 0.360. The lowest BCUT2D eigenvalue weighted by Crippen LogP contribution is -2.40. The highest BCUT2D eigenvalue weighted by Gasteiger charge is 2.04. The van der Waals surface area contributed by atoms with Crippen LogP contribution in [-0.4, -0.2) is 53.6 Å². The van der Waals surface area contributed by atoms with Gasteiger partial charge in [0, 0.05) is 26.4 Å². The molecule has 0 saturated heterocycles. The maximum atomic E-state index is 11.1. The van der Waals surface area contributed by atoms with Crippen LogP contribution in [0.15, 0.2) is 23.2 Å². The second-order valence-corrected chi connectivity index (χ2v) is 7.37. The van der Waals surface area contributed by atoms with Crippen molar-refractivity contribution >= 4 is 15.8 Å². The van der Waals surface area contributed by atoms with E-state index >= 15 is 0 Å². The van der Waals surface area contributed by atoms with Crippen molar-refractivity contribution in [1.82, 2.24) is 10.6 Å². The van der Waals surface area contributed by atoms with Gasteiger partial charge in [-0.15, -0.1) is 0 Å². The molecule has 1 rings (SSSR count). The summed E-state index contributed by atoms with van der Waals surface area (Å²) < 4.78 is 27.5. The third-order valence-corrected chi connectivity index (χ3v) is 4.11. The molecule has 7 heteroatoms. The Morgan fingerprint density at radius 2 is 1.95 bits per heavy atom. The van der Waals surface area contributed by atoms with Gasteiger partial charge in [0.1, 0.15) is 15.6 Å². The summed E-state index contributed by atoms with van der Waals surface area (Å²) in [6.45, 7) is 3.05. The monoisotopic (exact) mass is 327 g/mol. The van der Waals surface area contributed by atoms with Gasteiger partial charge in [-0.2, -0.15) is 0 Å². The van der Waals surface area contributed by atoms with Crippen LogP contribution < -0.4 is 15.4 Å². The highest BCUT2D eigenvalue weighted by molar-refractivity contribution is 7.90. The van der Waals surface area contributed by atoms with Crippen LogP contribution in [0.2, 0.25) is 0 Å². The molecule has 6 nitrogen and oxygen atoms in total. The quantitative estimate of drug-likeness (QED) is 0.571. The lowest BCUT2D eigenvalue weighted by molar-refractivity contribution is 0.411. The Kier molecular flexibility index (Phi) is 7.17. The molecule has 0 fully saturated rings. The summed E-state index contributed by atoms with van der Waals surface area (Å²) in [5.41, 5.74) is 2.28. The molecule has 0 aliphatic carbocycles. The molecule has 0 aliphatic heterocycles. The summed E-state index contributed by atoms with van der Waals surface area (Å²) in [4.78, 5) is 4.06. The Morgan fingerprint density at radius 3 is 2.55 bits per heavy atom. The number of ether oxygens (including phenoxy) is 1. The van der Waals surface area contributed by atoms with E-state index in [-0.39, 0.29) is 5.75 Å². The van der Waals surface area contributed by atoms with E-state index in [1.165, 1.54) is 11.8 Å². The van der Waals surface area contributed by atoms with Crippen molar-refractivity contribution in [3.8, 4) is 5.75 Å². The van der Waals surface area contributed by atoms with Crippen molar-refractivity contribution in [2.24, 2.45) is 4.99 Å². The number of nitrogens with zero attached hydrogens (tertiary/aromatic N) is 1. The Bertz CT molecular complexity index is 612. The molecule has 2 N–H and O–H groups in total. The number of sulfone groups is 1. The fourth-order valence-corrected chi connectivity index (χ4v) is 2.39. The third-order valence-electron chi connectivity index (χ3n) is 3.17. The molecule has 0 unspecified atom stereocenters. The largest absolute Gasteiger partial charge is 0.496 e. The van der Waals surface area contributed by atoms with Gasteiger partial charge in [0.15, 0.2) is 5.96 Å². The van der Waals surface area contributed by atoms with Gasteiger partial charge in [-0.3, -0.25) is 4.99 Å². The van der Waals surface area contributed by atoms with Gasteiger partial charge >= 0.3 is 0 Å². The number of aryl methyl sites for hydroxylation is 1. The Hall–Kier alpha value is -1.76. The number of hydrogen-bond donors (Lipinski definition) is 2. The number of aliphatic imine (C=N–C) groups is 1. The van der Waals surface area contributed by atoms with E-state index in [2.05, 4.69) is 21.7 Å². The Balaban J connectivity index is 2.41. The van der Waals surface area contributed by atoms with Crippen LogP contribution in [-0.2, 0) is 16.3 Å². The molecule has 1 aromatic carbocycles. The zero-order chi connectivity index (χ0) is 16.6. The first-order valence-electron chi connectivity index (χ1n) is 7.11. The first-order valence-corrected chi connectivity index (χ1v) is 9.17. The predicted octanol–water partition coefficient (Wildman–Crippen LogP) is 0.756. The highest BCUT2D eigenvalue weighted by atomic mass is 32.2. The zero-order valence-corrected chi connectivity index (χ0v) is 14.5. The molecule has 0 amide bonds. The number of rotatable bonds is 7. The summed E-state index contributed by atoms with van der Waals surface area (Å²) in [5, 5.41) is 6.14. The minimum absolute atomic E-state index is 0.0862. The summed E-state index contributed by atoms with van der Waals surface area (Å²) in [6.07, 6.45) is 2.04. The second-order valence-electron chi connectivity index (χ2n) is 5.11. The molecule has 0 spiro atoms. The molecule has 0 bridgehead atoms. The van der Waals surface area contributed by atoms with Crippen molar-refractivity contribution in [1.29, 1.82) is 0 Å². The van der Waals surface area contributed by atoms with E-state index in [1.807, 2.05) is 19.1 Å². The number of hydrogen-bond acceptors (Lipinski definition) is 4. The number of benzene rings is 1. The van der Waals surface area contributed by atoms with Crippen LogP contribution in [0.3, 0.4) is 0 Å². The standard InChI is InChI=1S/C15H25N3O3S/c1-12-5-6-13(11-14(12)21-3)7-8-17-15(16-2)18-9-10-22(4,19)20/h5-6,11H,7-10H2,1-4H3,(H2,16,17,18). The van der Waals surface area contributed by atoms with E-state index in [9.17, 15) is 8.42 Å². The molecule has 0 heterocycles. The Labute approximate surface area is 132 Å². The topological polar surface area (TPSA) is 79.8 Å². The molecule has 0 aliphatic rings. The van der Waals surface area contributed by atoms with Gasteiger partial charge in [0.2, 0.25) is 0 Å². The van der Waals surface area contributed by atoms with E-state index < -0.39 is 9.84 Å². The van der Waals surface area contributed by atoms with Gasteiger partial charge in [-0.25, -0.2) is 8.42 Å². The van der Waals surface area contributed by atoms with Crippen molar-refractivity contribution in [2.45, 2.75) is 13.3 Å². The van der Waals surface area contributed by atoms with Crippen LogP contribution in [0.25, 0.3) is 0 Å². The van der Waals surface area contributed by atoms with Crippen LogP contribution in [0.4, 0.5) is 0 Å². The highest BCUT2D eigenvalue weighted by Crippen LogP contribution is 2.18. The van der Waals surface area contributed by atoms with E-state index in [0.717, 1.165) is 17.7 Å². The molecule has 1 aromatic rings. The maximum absolute atomic E-state index is 11.1. The van der Waals surface area contributed by atoms with Gasteiger partial charge in [-0.05, 0) is 30.5 Å². The lowest BCUT2D eigenvalue weighted by atomic mass is 10.1. The lowest BCUT2D eigenvalue weighted by Gasteiger charge is -2.12. The first-order chi connectivity index (χ1) is 10.4. The van der Waals surface area contributed by atoms with E-state index in [0.29, 0.717) is 19.0 Å². The molecule has 0 saturated carbocycles. The SMILES string of the molecule is CN=C(NCCc1ccc(C)c(OC)c1)NCCS(C)(=O)=O. The van der Waals surface area contributed by atoms with Crippen molar-refractivity contribution in [3.05, 3.63) is 29.3 Å². The van der Waals surface area contributed by atoms with Crippen molar-refractivity contribution in [2.75, 3.05) is 39.3 Å². The van der Waals surface area contributed by atoms with Gasteiger partial charge in [0.05, 0.1) is 12.9 Å². The predicted molar refractivity (Wildman–Crippen MR) is 90.5 cm³/mol. The number of nitrogens with one attached hydrogen (secondary N) is 2. The van der Waals surface area contributed by atoms with Crippen molar-refractivity contribution < 1.29 is 13.2 Å². The normalized spacial score (nSPS) is 12.1. The van der Waals surface area contributed by atoms with Gasteiger partial charge in [0.25, 0.3) is 0 Å². The third kappa shape index (κ3) is 6.80.